The van der Waals surface area contributed by atoms with Crippen LogP contribution in [0.3, 0.4) is 0 Å². The topological polar surface area (TPSA) is 76.1 Å². The molecule has 2 heterocycles. The maximum atomic E-state index is 11.2. The number of hydrogen-bond donors (Lipinski definition) is 2. The third-order valence-electron chi connectivity index (χ3n) is 3.52. The van der Waals surface area contributed by atoms with Crippen LogP contribution in [-0.4, -0.2) is 23.0 Å². The van der Waals surface area contributed by atoms with E-state index >= 15 is 0 Å². The number of fused-ring (bicyclic) bond motifs is 2. The van der Waals surface area contributed by atoms with Crippen LogP contribution in [0, 0.1) is 0 Å². The van der Waals surface area contributed by atoms with Gasteiger partial charge in [-0.15, -0.1) is 0 Å². The number of amides is 1. The molecule has 0 aliphatic heterocycles. The molecule has 126 valence electrons. The molecule has 0 spiro atoms. The smallest absolute Gasteiger partial charge is 0.221 e. The van der Waals surface area contributed by atoms with Gasteiger partial charge in [0.15, 0.2) is 10.3 Å². The normalized spacial score (nSPS) is 11.0. The zero-order valence-corrected chi connectivity index (χ0v) is 15.1. The van der Waals surface area contributed by atoms with Gasteiger partial charge in [-0.25, -0.2) is 9.97 Å². The Morgan fingerprint density at radius 2 is 1.64 bits per heavy atom. The molecule has 0 saturated carbocycles. The first kappa shape index (κ1) is 15.8. The Morgan fingerprint density at radius 3 is 2.28 bits per heavy atom. The van der Waals surface area contributed by atoms with Crippen LogP contribution in [-0.2, 0) is 4.79 Å². The summed E-state index contributed by atoms with van der Waals surface area (Å²) in [7, 11) is 1.65. The lowest BCUT2D eigenvalue weighted by atomic mass is 10.3. The Bertz CT molecular complexity index is 1090. The molecule has 2 N–H and O–H groups in total. The molecule has 2 aromatic heterocycles. The average Bonchev–Trinajstić information content (AvgIpc) is 3.15. The largest absolute Gasteiger partial charge is 0.497 e. The van der Waals surface area contributed by atoms with Gasteiger partial charge in [-0.1, -0.05) is 22.7 Å². The summed E-state index contributed by atoms with van der Waals surface area (Å²) in [6, 6.07) is 11.5. The summed E-state index contributed by atoms with van der Waals surface area (Å²) in [5.74, 6) is 0.723. The van der Waals surface area contributed by atoms with Gasteiger partial charge in [0.05, 0.1) is 27.5 Å². The second-order valence-electron chi connectivity index (χ2n) is 5.36. The lowest BCUT2D eigenvalue weighted by Crippen LogP contribution is -2.05. The van der Waals surface area contributed by atoms with Crippen LogP contribution in [0.2, 0.25) is 0 Å². The van der Waals surface area contributed by atoms with Gasteiger partial charge >= 0.3 is 0 Å². The van der Waals surface area contributed by atoms with Crippen LogP contribution >= 0.6 is 22.7 Å². The highest BCUT2D eigenvalue weighted by molar-refractivity contribution is 7.24. The SMILES string of the molecule is COc1ccc2nc(Nc3nc4ccc(NC(C)=O)cc4s3)sc2c1. The van der Waals surface area contributed by atoms with E-state index in [2.05, 4.69) is 20.6 Å². The Kier molecular flexibility index (Phi) is 3.98. The van der Waals surface area contributed by atoms with E-state index in [0.29, 0.717) is 0 Å². The van der Waals surface area contributed by atoms with E-state index in [4.69, 9.17) is 4.74 Å². The van der Waals surface area contributed by atoms with Crippen LogP contribution in [0.25, 0.3) is 20.4 Å². The first-order valence-corrected chi connectivity index (χ1v) is 9.14. The van der Waals surface area contributed by atoms with Crippen LogP contribution in [0.5, 0.6) is 5.75 Å². The molecule has 2 aromatic carbocycles. The minimum absolute atomic E-state index is 0.0906. The molecule has 4 rings (SSSR count). The fourth-order valence-electron chi connectivity index (χ4n) is 2.44. The highest BCUT2D eigenvalue weighted by Crippen LogP contribution is 2.34. The molecule has 0 fully saturated rings. The lowest BCUT2D eigenvalue weighted by Gasteiger charge is -1.99. The van der Waals surface area contributed by atoms with Crippen molar-refractivity contribution in [1.82, 2.24) is 9.97 Å². The molecule has 0 saturated heterocycles. The van der Waals surface area contributed by atoms with E-state index in [0.717, 1.165) is 42.1 Å². The van der Waals surface area contributed by atoms with Crippen molar-refractivity contribution >= 4 is 65.0 Å². The van der Waals surface area contributed by atoms with E-state index in [9.17, 15) is 4.79 Å². The standard InChI is InChI=1S/C17H14N4O2S2/c1-9(22)18-10-3-5-12-14(7-10)24-16(19-12)21-17-20-13-6-4-11(23-2)8-15(13)25-17/h3-8H,1-2H3,(H,18,22)(H,19,20,21). The highest BCUT2D eigenvalue weighted by atomic mass is 32.1. The first-order chi connectivity index (χ1) is 12.1. The summed E-state index contributed by atoms with van der Waals surface area (Å²) in [5, 5.41) is 7.60. The number of hydrogen-bond acceptors (Lipinski definition) is 7. The van der Waals surface area contributed by atoms with Crippen molar-refractivity contribution < 1.29 is 9.53 Å². The van der Waals surface area contributed by atoms with Crippen LogP contribution in [0.1, 0.15) is 6.92 Å². The third-order valence-corrected chi connectivity index (χ3v) is 5.39. The van der Waals surface area contributed by atoms with Crippen molar-refractivity contribution in [3.05, 3.63) is 36.4 Å². The van der Waals surface area contributed by atoms with Crippen molar-refractivity contribution in [3.63, 3.8) is 0 Å². The number of methoxy groups -OCH3 is 1. The van der Waals surface area contributed by atoms with Crippen LogP contribution in [0.4, 0.5) is 16.0 Å². The van der Waals surface area contributed by atoms with E-state index in [1.807, 2.05) is 36.4 Å². The Balaban J connectivity index is 1.62. The van der Waals surface area contributed by atoms with Gasteiger partial charge in [0.2, 0.25) is 5.91 Å². The average molecular weight is 370 g/mol. The molecule has 0 bridgehead atoms. The van der Waals surface area contributed by atoms with Gasteiger partial charge in [0.1, 0.15) is 5.75 Å². The Morgan fingerprint density at radius 1 is 1.00 bits per heavy atom. The number of nitrogens with one attached hydrogen (secondary N) is 2. The van der Waals surface area contributed by atoms with Crippen LogP contribution < -0.4 is 15.4 Å². The molecule has 0 atom stereocenters. The molecular weight excluding hydrogens is 356 g/mol. The summed E-state index contributed by atoms with van der Waals surface area (Å²) >= 11 is 3.07. The lowest BCUT2D eigenvalue weighted by molar-refractivity contribution is -0.114. The second kappa shape index (κ2) is 6.30. The maximum Gasteiger partial charge on any atom is 0.221 e. The quantitative estimate of drug-likeness (QED) is 0.548. The number of benzene rings is 2. The minimum Gasteiger partial charge on any atom is -0.497 e. The fourth-order valence-corrected chi connectivity index (χ4v) is 4.30. The molecule has 25 heavy (non-hydrogen) atoms. The first-order valence-electron chi connectivity index (χ1n) is 7.50. The minimum atomic E-state index is -0.0906. The van der Waals surface area contributed by atoms with Gasteiger partial charge < -0.3 is 15.4 Å². The molecule has 6 nitrogen and oxygen atoms in total. The van der Waals surface area contributed by atoms with Crippen molar-refractivity contribution in [1.29, 1.82) is 0 Å². The number of thiazole rings is 2. The van der Waals surface area contributed by atoms with E-state index < -0.39 is 0 Å². The predicted molar refractivity (Wildman–Crippen MR) is 103 cm³/mol. The van der Waals surface area contributed by atoms with Crippen molar-refractivity contribution in [2.75, 3.05) is 17.7 Å². The summed E-state index contributed by atoms with van der Waals surface area (Å²) in [4.78, 5) is 20.3. The zero-order valence-electron chi connectivity index (χ0n) is 13.5. The van der Waals surface area contributed by atoms with Gasteiger partial charge in [0.25, 0.3) is 0 Å². The number of ether oxygens (including phenoxy) is 1. The second-order valence-corrected chi connectivity index (χ2v) is 7.42. The number of carbonyl (C=O) groups excluding carboxylic acids is 1. The zero-order chi connectivity index (χ0) is 17.4. The third kappa shape index (κ3) is 3.26. The molecule has 8 heteroatoms. The summed E-state index contributed by atoms with van der Waals surface area (Å²) in [5.41, 5.74) is 2.56. The maximum absolute atomic E-state index is 11.2. The monoisotopic (exact) mass is 370 g/mol. The number of carbonyl (C=O) groups is 1. The number of rotatable bonds is 4. The van der Waals surface area contributed by atoms with Gasteiger partial charge in [-0.05, 0) is 36.4 Å². The number of nitrogens with zero attached hydrogens (tertiary/aromatic N) is 2. The molecule has 1 amide bonds. The highest BCUT2D eigenvalue weighted by Gasteiger charge is 2.09. The molecular formula is C17H14N4O2S2. The Hall–Kier alpha value is -2.71. The van der Waals surface area contributed by atoms with Gasteiger partial charge in [-0.3, -0.25) is 4.79 Å². The van der Waals surface area contributed by atoms with Crippen molar-refractivity contribution in [2.24, 2.45) is 0 Å². The molecule has 0 aliphatic rings. The molecule has 4 aromatic rings. The van der Waals surface area contributed by atoms with E-state index in [-0.39, 0.29) is 5.91 Å². The van der Waals surface area contributed by atoms with Gasteiger partial charge in [0, 0.05) is 12.6 Å². The summed E-state index contributed by atoms with van der Waals surface area (Å²) in [6.45, 7) is 1.49. The van der Waals surface area contributed by atoms with Crippen LogP contribution in [0.15, 0.2) is 36.4 Å². The Labute approximate surface area is 151 Å². The van der Waals surface area contributed by atoms with Crippen molar-refractivity contribution in [3.8, 4) is 5.75 Å². The molecule has 0 radical (unpaired) electrons. The predicted octanol–water partition coefficient (Wildman–Crippen LogP) is 4.62. The van der Waals surface area contributed by atoms with Crippen molar-refractivity contribution in [2.45, 2.75) is 6.92 Å². The number of aromatic nitrogens is 2. The molecule has 0 aliphatic carbocycles. The summed E-state index contributed by atoms with van der Waals surface area (Å²) < 4.78 is 7.30. The van der Waals surface area contributed by atoms with Gasteiger partial charge in [-0.2, -0.15) is 0 Å². The van der Waals surface area contributed by atoms with E-state index in [1.165, 1.54) is 18.3 Å². The van der Waals surface area contributed by atoms with E-state index in [1.54, 1.807) is 18.4 Å². The summed E-state index contributed by atoms with van der Waals surface area (Å²) in [6.07, 6.45) is 0. The fraction of sp³-hybridized carbons (Fsp3) is 0.118. The number of anilines is 3. The molecule has 0 unspecified atom stereocenters.